The summed E-state index contributed by atoms with van der Waals surface area (Å²) >= 11 is 5.14. The van der Waals surface area contributed by atoms with Gasteiger partial charge in [0.05, 0.1) is 0 Å². The molecule has 0 heterocycles. The minimum atomic E-state index is -0.267. The van der Waals surface area contributed by atoms with Crippen LogP contribution in [0.4, 0.5) is 5.69 Å². The van der Waals surface area contributed by atoms with Gasteiger partial charge in [-0.05, 0) is 43.0 Å². The molecule has 2 rings (SSSR count). The number of anilines is 1. The molecule has 0 saturated carbocycles. The second-order valence-corrected chi connectivity index (χ2v) is 5.60. The molecule has 3 nitrogen and oxygen atoms in total. The lowest BCUT2D eigenvalue weighted by atomic mass is 10.1. The van der Waals surface area contributed by atoms with Crippen molar-refractivity contribution in [2.24, 2.45) is 0 Å². The van der Waals surface area contributed by atoms with Crippen molar-refractivity contribution in [3.8, 4) is 0 Å². The van der Waals surface area contributed by atoms with Crippen LogP contribution in [-0.2, 0) is 11.2 Å². The van der Waals surface area contributed by atoms with Gasteiger partial charge in [0, 0.05) is 12.2 Å². The zero-order chi connectivity index (χ0) is 15.9. The Balaban J connectivity index is 1.85. The largest absolute Gasteiger partial charge is 0.371 e. The van der Waals surface area contributed by atoms with Crippen LogP contribution < -0.4 is 10.6 Å². The highest BCUT2D eigenvalue weighted by Crippen LogP contribution is 2.17. The van der Waals surface area contributed by atoms with E-state index in [1.165, 1.54) is 5.56 Å². The van der Waals surface area contributed by atoms with Gasteiger partial charge >= 0.3 is 0 Å². The highest BCUT2D eigenvalue weighted by Gasteiger charge is 2.10. The maximum absolute atomic E-state index is 12.1. The number of nitrogens with one attached hydrogen (secondary N) is 2. The van der Waals surface area contributed by atoms with Crippen molar-refractivity contribution in [3.63, 3.8) is 0 Å². The Morgan fingerprint density at radius 2 is 1.77 bits per heavy atom. The summed E-state index contributed by atoms with van der Waals surface area (Å²) in [5.74, 6) is -0.267. The number of amides is 1. The monoisotopic (exact) mass is 312 g/mol. The van der Waals surface area contributed by atoms with E-state index in [0.717, 1.165) is 23.2 Å². The first-order valence-corrected chi connectivity index (χ1v) is 7.68. The van der Waals surface area contributed by atoms with Gasteiger partial charge in [0.2, 0.25) is 0 Å². The van der Waals surface area contributed by atoms with Crippen LogP contribution in [0.3, 0.4) is 0 Å². The molecule has 0 aliphatic carbocycles. The van der Waals surface area contributed by atoms with Crippen LogP contribution in [0.15, 0.2) is 48.5 Å². The van der Waals surface area contributed by atoms with E-state index in [-0.39, 0.29) is 10.9 Å². The zero-order valence-corrected chi connectivity index (χ0v) is 13.7. The standard InChI is InChI=1S/C18H20N2OS/c1-13-7-6-10-16(14(13)2)20-17(21)18(22)19-12-11-15-8-4-3-5-9-15/h3-10H,11-12H2,1-2H3,(H,19,22)(H,20,21). The molecule has 2 aromatic rings. The molecule has 0 aliphatic rings. The number of hydrogen-bond donors (Lipinski definition) is 2. The lowest BCUT2D eigenvalue weighted by Gasteiger charge is -2.12. The van der Waals surface area contributed by atoms with E-state index in [2.05, 4.69) is 22.8 Å². The third kappa shape index (κ3) is 4.40. The first-order chi connectivity index (χ1) is 10.6. The summed E-state index contributed by atoms with van der Waals surface area (Å²) < 4.78 is 0. The molecule has 0 aromatic heterocycles. The van der Waals surface area contributed by atoms with Crippen molar-refractivity contribution >= 4 is 28.8 Å². The van der Waals surface area contributed by atoms with E-state index in [1.807, 2.05) is 50.2 Å². The predicted octanol–water partition coefficient (Wildman–Crippen LogP) is 3.40. The summed E-state index contributed by atoms with van der Waals surface area (Å²) in [6.45, 7) is 4.64. The first-order valence-electron chi connectivity index (χ1n) is 7.27. The molecule has 2 aromatic carbocycles. The van der Waals surface area contributed by atoms with Gasteiger partial charge in [0.1, 0.15) is 0 Å². The minimum Gasteiger partial charge on any atom is -0.371 e. The van der Waals surface area contributed by atoms with Crippen LogP contribution in [0, 0.1) is 13.8 Å². The number of aryl methyl sites for hydroxylation is 1. The highest BCUT2D eigenvalue weighted by molar-refractivity contribution is 7.82. The van der Waals surface area contributed by atoms with Gasteiger partial charge in [-0.1, -0.05) is 54.7 Å². The summed E-state index contributed by atoms with van der Waals surface area (Å²) in [5.41, 5.74) is 4.22. The quantitative estimate of drug-likeness (QED) is 0.850. The molecule has 0 atom stereocenters. The molecule has 0 bridgehead atoms. The topological polar surface area (TPSA) is 41.1 Å². The Kier molecular flexibility index (Phi) is 5.67. The van der Waals surface area contributed by atoms with Crippen LogP contribution in [0.1, 0.15) is 16.7 Å². The maximum atomic E-state index is 12.1. The summed E-state index contributed by atoms with van der Waals surface area (Å²) in [4.78, 5) is 12.3. The fraction of sp³-hybridized carbons (Fsp3) is 0.222. The second kappa shape index (κ2) is 7.71. The molecule has 2 N–H and O–H groups in total. The molecular weight excluding hydrogens is 292 g/mol. The lowest BCUT2D eigenvalue weighted by molar-refractivity contribution is -0.110. The van der Waals surface area contributed by atoms with Crippen molar-refractivity contribution in [2.75, 3.05) is 11.9 Å². The molecule has 4 heteroatoms. The molecule has 0 saturated heterocycles. The average Bonchev–Trinajstić information content (AvgIpc) is 2.52. The molecule has 114 valence electrons. The van der Waals surface area contributed by atoms with Crippen molar-refractivity contribution in [1.82, 2.24) is 5.32 Å². The number of rotatable bonds is 4. The summed E-state index contributed by atoms with van der Waals surface area (Å²) in [6.07, 6.45) is 0.831. The predicted molar refractivity (Wildman–Crippen MR) is 95.3 cm³/mol. The molecule has 0 fully saturated rings. The third-order valence-corrected chi connectivity index (χ3v) is 3.93. The van der Waals surface area contributed by atoms with E-state index in [0.29, 0.717) is 6.54 Å². The van der Waals surface area contributed by atoms with Crippen LogP contribution in [0.25, 0.3) is 0 Å². The maximum Gasteiger partial charge on any atom is 0.283 e. The lowest BCUT2D eigenvalue weighted by Crippen LogP contribution is -2.35. The molecule has 0 aliphatic heterocycles. The number of hydrogen-bond acceptors (Lipinski definition) is 2. The van der Waals surface area contributed by atoms with Crippen molar-refractivity contribution in [1.29, 1.82) is 0 Å². The molecule has 0 radical (unpaired) electrons. The van der Waals surface area contributed by atoms with Crippen LogP contribution in [-0.4, -0.2) is 17.4 Å². The highest BCUT2D eigenvalue weighted by atomic mass is 32.1. The van der Waals surface area contributed by atoms with Gasteiger partial charge in [-0.2, -0.15) is 0 Å². The van der Waals surface area contributed by atoms with Crippen molar-refractivity contribution in [3.05, 3.63) is 65.2 Å². The molecular formula is C18H20N2OS. The number of carbonyl (C=O) groups is 1. The van der Waals surface area contributed by atoms with E-state index in [4.69, 9.17) is 12.2 Å². The van der Waals surface area contributed by atoms with Gasteiger partial charge in [0.25, 0.3) is 5.91 Å². The Bertz CT molecular complexity index is 668. The van der Waals surface area contributed by atoms with Crippen molar-refractivity contribution in [2.45, 2.75) is 20.3 Å². The summed E-state index contributed by atoms with van der Waals surface area (Å²) in [6, 6.07) is 15.9. The Morgan fingerprint density at radius 3 is 2.50 bits per heavy atom. The normalized spacial score (nSPS) is 10.1. The SMILES string of the molecule is Cc1cccc(NC(=O)C(=S)NCCc2ccccc2)c1C. The summed E-state index contributed by atoms with van der Waals surface area (Å²) in [5, 5.41) is 5.86. The van der Waals surface area contributed by atoms with E-state index >= 15 is 0 Å². The Morgan fingerprint density at radius 1 is 1.05 bits per heavy atom. The van der Waals surface area contributed by atoms with E-state index < -0.39 is 0 Å². The van der Waals surface area contributed by atoms with Crippen LogP contribution in [0.2, 0.25) is 0 Å². The summed E-state index contributed by atoms with van der Waals surface area (Å²) in [7, 11) is 0. The van der Waals surface area contributed by atoms with Crippen molar-refractivity contribution < 1.29 is 4.79 Å². The average molecular weight is 312 g/mol. The van der Waals surface area contributed by atoms with Gasteiger partial charge in [-0.3, -0.25) is 4.79 Å². The van der Waals surface area contributed by atoms with E-state index in [9.17, 15) is 4.79 Å². The van der Waals surface area contributed by atoms with Gasteiger partial charge < -0.3 is 10.6 Å². The van der Waals surface area contributed by atoms with E-state index in [1.54, 1.807) is 0 Å². The van der Waals surface area contributed by atoms with Gasteiger partial charge in [-0.15, -0.1) is 0 Å². The van der Waals surface area contributed by atoms with Crippen LogP contribution in [0.5, 0.6) is 0 Å². The fourth-order valence-corrected chi connectivity index (χ4v) is 2.26. The van der Waals surface area contributed by atoms with Gasteiger partial charge in [0.15, 0.2) is 4.99 Å². The second-order valence-electron chi connectivity index (χ2n) is 5.19. The van der Waals surface area contributed by atoms with Crippen LogP contribution >= 0.6 is 12.2 Å². The fourth-order valence-electron chi connectivity index (χ4n) is 2.11. The zero-order valence-electron chi connectivity index (χ0n) is 12.8. The minimum absolute atomic E-state index is 0.219. The molecule has 22 heavy (non-hydrogen) atoms. The third-order valence-electron chi connectivity index (χ3n) is 3.60. The number of carbonyl (C=O) groups excluding carboxylic acids is 1. The number of thiocarbonyl (C=S) groups is 1. The number of benzene rings is 2. The molecule has 0 spiro atoms. The first kappa shape index (κ1) is 16.2. The van der Waals surface area contributed by atoms with Gasteiger partial charge in [-0.25, -0.2) is 0 Å². The molecule has 1 amide bonds. The Labute approximate surface area is 136 Å². The molecule has 0 unspecified atom stereocenters. The Hall–Kier alpha value is -2.20. The smallest absolute Gasteiger partial charge is 0.283 e.